The van der Waals surface area contributed by atoms with E-state index >= 15 is 0 Å². The fourth-order valence-corrected chi connectivity index (χ4v) is 2.34. The number of nitrogens with two attached hydrogens (primary N) is 1. The molecule has 0 amide bonds. The Bertz CT molecular complexity index is 552. The summed E-state index contributed by atoms with van der Waals surface area (Å²) in [5.41, 5.74) is 9.52. The summed E-state index contributed by atoms with van der Waals surface area (Å²) in [6.07, 6.45) is 0.683. The first-order chi connectivity index (χ1) is 8.56. The molecule has 2 aromatic rings. The van der Waals surface area contributed by atoms with E-state index in [0.717, 1.165) is 11.1 Å². The van der Waals surface area contributed by atoms with Gasteiger partial charge in [0.1, 0.15) is 0 Å². The van der Waals surface area contributed by atoms with Crippen molar-refractivity contribution in [1.82, 2.24) is 0 Å². The molecule has 0 spiro atoms. The van der Waals surface area contributed by atoms with Crippen molar-refractivity contribution in [3.05, 3.63) is 69.2 Å². The van der Waals surface area contributed by atoms with Gasteiger partial charge < -0.3 is 5.73 Å². The van der Waals surface area contributed by atoms with E-state index in [1.165, 1.54) is 5.56 Å². The molecule has 0 aliphatic carbocycles. The molecule has 0 fully saturated rings. The van der Waals surface area contributed by atoms with Crippen LogP contribution < -0.4 is 5.73 Å². The van der Waals surface area contributed by atoms with Gasteiger partial charge in [-0.1, -0.05) is 53.0 Å². The molecule has 0 radical (unpaired) electrons. The lowest BCUT2D eigenvalue weighted by Crippen LogP contribution is -2.13. The molecule has 0 heterocycles. The first-order valence-electron chi connectivity index (χ1n) is 5.82. The summed E-state index contributed by atoms with van der Waals surface area (Å²) in [5.74, 6) is 0. The van der Waals surface area contributed by atoms with E-state index in [2.05, 4.69) is 19.1 Å². The van der Waals surface area contributed by atoms with E-state index in [4.69, 9.17) is 28.9 Å². The summed E-state index contributed by atoms with van der Waals surface area (Å²) in [4.78, 5) is 0. The average Bonchev–Trinajstić information content (AvgIpc) is 2.34. The lowest BCUT2D eigenvalue weighted by molar-refractivity contribution is 0.721. The van der Waals surface area contributed by atoms with Crippen molar-refractivity contribution in [2.24, 2.45) is 5.73 Å². The second-order valence-electron chi connectivity index (χ2n) is 4.46. The summed E-state index contributed by atoms with van der Waals surface area (Å²) in [6, 6.07) is 13.6. The van der Waals surface area contributed by atoms with Gasteiger partial charge in [0.05, 0.1) is 0 Å². The van der Waals surface area contributed by atoms with Crippen LogP contribution in [0, 0.1) is 6.92 Å². The highest BCUT2D eigenvalue weighted by molar-refractivity contribution is 6.33. The van der Waals surface area contributed by atoms with Crippen LogP contribution in [0.4, 0.5) is 0 Å². The highest BCUT2D eigenvalue weighted by Gasteiger charge is 2.10. The number of halogens is 2. The predicted octanol–water partition coefficient (Wildman–Crippen LogP) is 4.54. The number of aryl methyl sites for hydroxylation is 1. The Kier molecular flexibility index (Phi) is 4.28. The first-order valence-corrected chi connectivity index (χ1v) is 6.58. The molecule has 3 heteroatoms. The molecule has 18 heavy (non-hydrogen) atoms. The summed E-state index contributed by atoms with van der Waals surface area (Å²) in [5, 5.41) is 1.40. The van der Waals surface area contributed by atoms with Crippen molar-refractivity contribution in [2.75, 3.05) is 0 Å². The largest absolute Gasteiger partial charge is 0.324 e. The lowest BCUT2D eigenvalue weighted by atomic mass is 9.98. The minimum absolute atomic E-state index is 0.0686. The standard InChI is InChI=1S/C15H15Cl2N/c1-10-3-2-4-11(7-10)15(18)9-12-8-13(16)5-6-14(12)17/h2-8,15H,9,18H2,1H3. The van der Waals surface area contributed by atoms with Gasteiger partial charge in [-0.2, -0.15) is 0 Å². The van der Waals surface area contributed by atoms with Crippen molar-refractivity contribution in [3.63, 3.8) is 0 Å². The Hall–Kier alpha value is -1.02. The topological polar surface area (TPSA) is 26.0 Å². The van der Waals surface area contributed by atoms with Gasteiger partial charge in [0.2, 0.25) is 0 Å². The molecule has 1 atom stereocenters. The molecule has 94 valence electrons. The van der Waals surface area contributed by atoms with Crippen molar-refractivity contribution < 1.29 is 0 Å². The molecule has 2 aromatic carbocycles. The molecule has 2 N–H and O–H groups in total. The smallest absolute Gasteiger partial charge is 0.0439 e. The fraction of sp³-hybridized carbons (Fsp3) is 0.200. The van der Waals surface area contributed by atoms with Crippen LogP contribution in [-0.2, 0) is 6.42 Å². The fourth-order valence-electron chi connectivity index (χ4n) is 1.96. The van der Waals surface area contributed by atoms with Gasteiger partial charge in [-0.25, -0.2) is 0 Å². The molecular formula is C15H15Cl2N. The molecule has 0 saturated carbocycles. The third kappa shape index (κ3) is 3.26. The Morgan fingerprint density at radius 3 is 2.61 bits per heavy atom. The predicted molar refractivity (Wildman–Crippen MR) is 78.3 cm³/mol. The van der Waals surface area contributed by atoms with E-state index in [1.807, 2.05) is 24.3 Å². The van der Waals surface area contributed by atoms with Crippen LogP contribution in [0.2, 0.25) is 10.0 Å². The highest BCUT2D eigenvalue weighted by atomic mass is 35.5. The van der Waals surface area contributed by atoms with Crippen LogP contribution in [0.1, 0.15) is 22.7 Å². The summed E-state index contributed by atoms with van der Waals surface area (Å²) >= 11 is 12.1. The van der Waals surface area contributed by atoms with Crippen LogP contribution in [0.3, 0.4) is 0 Å². The zero-order valence-electron chi connectivity index (χ0n) is 10.2. The van der Waals surface area contributed by atoms with Crippen molar-refractivity contribution in [2.45, 2.75) is 19.4 Å². The van der Waals surface area contributed by atoms with E-state index in [0.29, 0.717) is 16.5 Å². The number of hydrogen-bond acceptors (Lipinski definition) is 1. The quantitative estimate of drug-likeness (QED) is 0.877. The van der Waals surface area contributed by atoms with Crippen molar-refractivity contribution >= 4 is 23.2 Å². The molecule has 0 bridgehead atoms. The molecule has 0 saturated heterocycles. The van der Waals surface area contributed by atoms with Gasteiger partial charge in [-0.3, -0.25) is 0 Å². The molecule has 0 aliphatic heterocycles. The number of benzene rings is 2. The summed E-state index contributed by atoms with van der Waals surface area (Å²) < 4.78 is 0. The van der Waals surface area contributed by atoms with Crippen LogP contribution in [0.25, 0.3) is 0 Å². The van der Waals surface area contributed by atoms with Crippen molar-refractivity contribution in [1.29, 1.82) is 0 Å². The van der Waals surface area contributed by atoms with Crippen molar-refractivity contribution in [3.8, 4) is 0 Å². The molecule has 1 nitrogen and oxygen atoms in total. The normalized spacial score (nSPS) is 12.4. The van der Waals surface area contributed by atoms with Gasteiger partial charge in [0, 0.05) is 16.1 Å². The van der Waals surface area contributed by atoms with Crippen LogP contribution >= 0.6 is 23.2 Å². The Balaban J connectivity index is 2.21. The highest BCUT2D eigenvalue weighted by Crippen LogP contribution is 2.25. The first kappa shape index (κ1) is 13.4. The lowest BCUT2D eigenvalue weighted by Gasteiger charge is -2.14. The molecule has 2 rings (SSSR count). The Morgan fingerprint density at radius 1 is 1.11 bits per heavy atom. The third-order valence-electron chi connectivity index (χ3n) is 2.92. The van der Waals surface area contributed by atoms with Crippen LogP contribution in [0.5, 0.6) is 0 Å². The number of hydrogen-bond donors (Lipinski definition) is 1. The molecule has 1 unspecified atom stereocenters. The van der Waals surface area contributed by atoms with E-state index in [1.54, 1.807) is 6.07 Å². The van der Waals surface area contributed by atoms with Crippen LogP contribution in [-0.4, -0.2) is 0 Å². The zero-order chi connectivity index (χ0) is 13.1. The maximum Gasteiger partial charge on any atom is 0.0439 e. The minimum atomic E-state index is -0.0686. The zero-order valence-corrected chi connectivity index (χ0v) is 11.7. The van der Waals surface area contributed by atoms with E-state index in [-0.39, 0.29) is 6.04 Å². The van der Waals surface area contributed by atoms with E-state index < -0.39 is 0 Å². The Morgan fingerprint density at radius 2 is 1.89 bits per heavy atom. The maximum atomic E-state index is 6.21. The van der Waals surface area contributed by atoms with Gasteiger partial charge >= 0.3 is 0 Å². The van der Waals surface area contributed by atoms with Gasteiger partial charge in [0.25, 0.3) is 0 Å². The molecule has 0 aliphatic rings. The third-order valence-corrected chi connectivity index (χ3v) is 3.52. The van der Waals surface area contributed by atoms with E-state index in [9.17, 15) is 0 Å². The van der Waals surface area contributed by atoms with Crippen LogP contribution in [0.15, 0.2) is 42.5 Å². The Labute approximate surface area is 118 Å². The molecular weight excluding hydrogens is 265 g/mol. The minimum Gasteiger partial charge on any atom is -0.324 e. The number of rotatable bonds is 3. The summed E-state index contributed by atoms with van der Waals surface area (Å²) in [7, 11) is 0. The molecule has 0 aromatic heterocycles. The van der Waals surface area contributed by atoms with Gasteiger partial charge in [-0.15, -0.1) is 0 Å². The van der Waals surface area contributed by atoms with Gasteiger partial charge in [-0.05, 0) is 42.7 Å². The van der Waals surface area contributed by atoms with Gasteiger partial charge in [0.15, 0.2) is 0 Å². The maximum absolute atomic E-state index is 6.21. The summed E-state index contributed by atoms with van der Waals surface area (Å²) in [6.45, 7) is 2.06. The SMILES string of the molecule is Cc1cccc(C(N)Cc2cc(Cl)ccc2Cl)c1. The second-order valence-corrected chi connectivity index (χ2v) is 5.30. The second kappa shape index (κ2) is 5.75. The average molecular weight is 280 g/mol. The monoisotopic (exact) mass is 279 g/mol.